The Balaban J connectivity index is 1.76. The molecule has 1 aliphatic rings. The summed E-state index contributed by atoms with van der Waals surface area (Å²) in [6.07, 6.45) is 2.41. The lowest BCUT2D eigenvalue weighted by Gasteiger charge is -2.19. The minimum absolute atomic E-state index is 0.0107. The van der Waals surface area contributed by atoms with Gasteiger partial charge in [0.2, 0.25) is 5.91 Å². The molecular formula is C20H23FN2O3S. The van der Waals surface area contributed by atoms with Gasteiger partial charge in [-0.2, -0.15) is 0 Å². The number of nitrogens with one attached hydrogen (secondary N) is 2. The molecule has 1 unspecified atom stereocenters. The molecular weight excluding hydrogens is 367 g/mol. The first-order valence-corrected chi connectivity index (χ1v) is 10.5. The van der Waals surface area contributed by atoms with Crippen LogP contribution in [0, 0.1) is 5.82 Å². The number of carbonyl (C=O) groups excluding carboxylic acids is 1. The maximum atomic E-state index is 13.8. The van der Waals surface area contributed by atoms with Crippen LogP contribution in [0.4, 0.5) is 10.1 Å². The lowest BCUT2D eigenvalue weighted by atomic mass is 9.94. The standard InChI is InChI=1S/C20H23FN2O3S/c1-3-14(2)22-19(24)20(12-13-20)15-8-10-16(11-9-15)23-27(25,26)18-7-5-4-6-17(18)21/h4-11,14,23H,3,12-13H2,1-2H3,(H,22,24). The van der Waals surface area contributed by atoms with E-state index in [9.17, 15) is 17.6 Å². The molecule has 144 valence electrons. The normalized spacial score (nSPS) is 16.4. The van der Waals surface area contributed by atoms with E-state index in [-0.39, 0.29) is 11.9 Å². The summed E-state index contributed by atoms with van der Waals surface area (Å²) < 4.78 is 40.9. The van der Waals surface area contributed by atoms with Crippen molar-refractivity contribution in [2.24, 2.45) is 0 Å². The molecule has 27 heavy (non-hydrogen) atoms. The molecule has 1 fully saturated rings. The second-order valence-electron chi connectivity index (χ2n) is 6.98. The number of halogens is 1. The van der Waals surface area contributed by atoms with Crippen LogP contribution in [0.3, 0.4) is 0 Å². The lowest BCUT2D eigenvalue weighted by Crippen LogP contribution is -2.39. The summed E-state index contributed by atoms with van der Waals surface area (Å²) in [6, 6.07) is 12.0. The third-order valence-electron chi connectivity index (χ3n) is 4.99. The maximum Gasteiger partial charge on any atom is 0.264 e. The van der Waals surface area contributed by atoms with Gasteiger partial charge in [0, 0.05) is 11.7 Å². The molecule has 1 aliphatic carbocycles. The first-order chi connectivity index (χ1) is 12.8. The summed E-state index contributed by atoms with van der Waals surface area (Å²) in [6.45, 7) is 3.98. The Labute approximate surface area is 159 Å². The lowest BCUT2D eigenvalue weighted by molar-refractivity contribution is -0.124. The molecule has 0 bridgehead atoms. The third-order valence-corrected chi connectivity index (χ3v) is 6.40. The number of hydrogen-bond acceptors (Lipinski definition) is 3. The Bertz CT molecular complexity index is 938. The highest BCUT2D eigenvalue weighted by molar-refractivity contribution is 7.92. The third kappa shape index (κ3) is 3.98. The Kier molecular flexibility index (Phi) is 5.24. The molecule has 2 aromatic carbocycles. The number of benzene rings is 2. The summed E-state index contributed by atoms with van der Waals surface area (Å²) in [7, 11) is -4.02. The molecule has 3 rings (SSSR count). The van der Waals surface area contributed by atoms with Crippen LogP contribution in [0.25, 0.3) is 0 Å². The highest BCUT2D eigenvalue weighted by Crippen LogP contribution is 2.48. The van der Waals surface area contributed by atoms with Gasteiger partial charge in [-0.3, -0.25) is 9.52 Å². The largest absolute Gasteiger partial charge is 0.353 e. The van der Waals surface area contributed by atoms with E-state index in [1.54, 1.807) is 24.3 Å². The number of hydrogen-bond donors (Lipinski definition) is 2. The minimum Gasteiger partial charge on any atom is -0.353 e. The van der Waals surface area contributed by atoms with Gasteiger partial charge in [-0.15, -0.1) is 0 Å². The van der Waals surface area contributed by atoms with Gasteiger partial charge in [-0.1, -0.05) is 31.2 Å². The number of sulfonamides is 1. The van der Waals surface area contributed by atoms with Crippen molar-refractivity contribution in [1.82, 2.24) is 5.32 Å². The van der Waals surface area contributed by atoms with Crippen LogP contribution in [0.1, 0.15) is 38.7 Å². The van der Waals surface area contributed by atoms with E-state index in [0.717, 1.165) is 30.9 Å². The molecule has 0 spiro atoms. The predicted molar refractivity (Wildman–Crippen MR) is 102 cm³/mol. The number of anilines is 1. The molecule has 1 saturated carbocycles. The van der Waals surface area contributed by atoms with Gasteiger partial charge in [-0.05, 0) is 56.0 Å². The number of rotatable bonds is 7. The van der Waals surface area contributed by atoms with E-state index in [0.29, 0.717) is 5.69 Å². The van der Waals surface area contributed by atoms with Crippen LogP contribution in [0.5, 0.6) is 0 Å². The van der Waals surface area contributed by atoms with E-state index in [1.165, 1.54) is 18.2 Å². The molecule has 0 heterocycles. The fraction of sp³-hybridized carbons (Fsp3) is 0.350. The van der Waals surface area contributed by atoms with Gasteiger partial charge in [0.1, 0.15) is 10.7 Å². The van der Waals surface area contributed by atoms with Gasteiger partial charge in [-0.25, -0.2) is 12.8 Å². The quantitative estimate of drug-likeness (QED) is 0.759. The van der Waals surface area contributed by atoms with E-state index < -0.39 is 26.2 Å². The molecule has 2 aromatic rings. The highest BCUT2D eigenvalue weighted by atomic mass is 32.2. The number of carbonyl (C=O) groups is 1. The van der Waals surface area contributed by atoms with Gasteiger partial charge < -0.3 is 5.32 Å². The zero-order valence-electron chi connectivity index (χ0n) is 15.3. The first-order valence-electron chi connectivity index (χ1n) is 8.97. The average Bonchev–Trinajstić information content (AvgIpc) is 3.44. The second kappa shape index (κ2) is 7.31. The van der Waals surface area contributed by atoms with Crippen molar-refractivity contribution in [3.8, 4) is 0 Å². The van der Waals surface area contributed by atoms with Crippen molar-refractivity contribution >= 4 is 21.6 Å². The fourth-order valence-corrected chi connectivity index (χ4v) is 4.10. The van der Waals surface area contributed by atoms with Crippen LogP contribution in [0.2, 0.25) is 0 Å². The van der Waals surface area contributed by atoms with Gasteiger partial charge in [0.05, 0.1) is 5.41 Å². The summed E-state index contributed by atoms with van der Waals surface area (Å²) in [5, 5.41) is 3.02. The fourth-order valence-electron chi connectivity index (χ4n) is 2.97. The van der Waals surface area contributed by atoms with Crippen molar-refractivity contribution in [1.29, 1.82) is 0 Å². The average molecular weight is 390 g/mol. The molecule has 7 heteroatoms. The Morgan fingerprint density at radius 2 is 1.78 bits per heavy atom. The topological polar surface area (TPSA) is 75.3 Å². The molecule has 2 N–H and O–H groups in total. The summed E-state index contributed by atoms with van der Waals surface area (Å²) in [5.74, 6) is -0.795. The summed E-state index contributed by atoms with van der Waals surface area (Å²) in [4.78, 5) is 12.2. The van der Waals surface area contributed by atoms with E-state index in [1.807, 2.05) is 13.8 Å². The zero-order chi connectivity index (χ0) is 19.7. The maximum absolute atomic E-state index is 13.8. The molecule has 1 atom stereocenters. The van der Waals surface area contributed by atoms with Crippen molar-refractivity contribution in [3.63, 3.8) is 0 Å². The van der Waals surface area contributed by atoms with Crippen LogP contribution in [0.15, 0.2) is 53.4 Å². The van der Waals surface area contributed by atoms with Gasteiger partial charge >= 0.3 is 0 Å². The second-order valence-corrected chi connectivity index (χ2v) is 8.63. The minimum atomic E-state index is -4.02. The molecule has 0 aliphatic heterocycles. The Hall–Kier alpha value is -2.41. The molecule has 1 amide bonds. The molecule has 0 radical (unpaired) electrons. The van der Waals surface area contributed by atoms with Crippen LogP contribution in [-0.4, -0.2) is 20.4 Å². The van der Waals surface area contributed by atoms with Gasteiger partial charge in [0.15, 0.2) is 0 Å². The first kappa shape index (κ1) is 19.4. The van der Waals surface area contributed by atoms with Crippen molar-refractivity contribution in [2.75, 3.05) is 4.72 Å². The molecule has 0 aromatic heterocycles. The summed E-state index contributed by atoms with van der Waals surface area (Å²) in [5.41, 5.74) is 0.657. The van der Waals surface area contributed by atoms with E-state index >= 15 is 0 Å². The Morgan fingerprint density at radius 1 is 1.15 bits per heavy atom. The smallest absolute Gasteiger partial charge is 0.264 e. The van der Waals surface area contributed by atoms with Crippen LogP contribution >= 0.6 is 0 Å². The van der Waals surface area contributed by atoms with E-state index in [2.05, 4.69) is 10.0 Å². The SMILES string of the molecule is CCC(C)NC(=O)C1(c2ccc(NS(=O)(=O)c3ccccc3F)cc2)CC1. The monoisotopic (exact) mass is 390 g/mol. The molecule has 5 nitrogen and oxygen atoms in total. The summed E-state index contributed by atoms with van der Waals surface area (Å²) >= 11 is 0. The van der Waals surface area contributed by atoms with Crippen molar-refractivity contribution < 1.29 is 17.6 Å². The van der Waals surface area contributed by atoms with E-state index in [4.69, 9.17) is 0 Å². The highest BCUT2D eigenvalue weighted by Gasteiger charge is 2.51. The van der Waals surface area contributed by atoms with Crippen LogP contribution in [-0.2, 0) is 20.2 Å². The van der Waals surface area contributed by atoms with Crippen molar-refractivity contribution in [2.45, 2.75) is 49.5 Å². The van der Waals surface area contributed by atoms with Gasteiger partial charge in [0.25, 0.3) is 10.0 Å². The predicted octanol–water partition coefficient (Wildman–Crippen LogP) is 3.57. The van der Waals surface area contributed by atoms with Crippen LogP contribution < -0.4 is 10.0 Å². The Morgan fingerprint density at radius 3 is 2.33 bits per heavy atom. The van der Waals surface area contributed by atoms with Crippen molar-refractivity contribution in [3.05, 3.63) is 59.9 Å². The zero-order valence-corrected chi connectivity index (χ0v) is 16.1. The molecule has 0 saturated heterocycles. The number of amides is 1.